The summed E-state index contributed by atoms with van der Waals surface area (Å²) in [4.78, 5) is 26.7. The molecule has 1 heterocycles. The lowest BCUT2D eigenvalue weighted by Gasteiger charge is -2.14. The highest BCUT2D eigenvalue weighted by Gasteiger charge is 2.32. The zero-order valence-corrected chi connectivity index (χ0v) is 17.4. The van der Waals surface area contributed by atoms with Gasteiger partial charge in [-0.15, -0.1) is 0 Å². The highest BCUT2D eigenvalue weighted by molar-refractivity contribution is 8.26. The first kappa shape index (κ1) is 21.5. The van der Waals surface area contributed by atoms with E-state index in [0.29, 0.717) is 25.5 Å². The summed E-state index contributed by atoms with van der Waals surface area (Å²) in [5, 5.41) is 21.5. The number of hydrogen-bond donors (Lipinski definition) is 3. The number of halogens is 1. The maximum atomic E-state index is 12.6. The molecule has 0 spiro atoms. The van der Waals surface area contributed by atoms with Crippen LogP contribution < -0.4 is 5.32 Å². The van der Waals surface area contributed by atoms with Gasteiger partial charge in [-0.1, -0.05) is 59.8 Å². The predicted molar refractivity (Wildman–Crippen MR) is 118 cm³/mol. The van der Waals surface area contributed by atoms with Crippen LogP contribution in [0.5, 0.6) is 0 Å². The molecular weight excluding hydrogens is 432 g/mol. The number of carbonyl (C=O) groups excluding carboxylic acids is 2. The number of aliphatic hydroxyl groups is 2. The number of aliphatic hydroxyl groups excluding tert-OH is 1. The highest BCUT2D eigenvalue weighted by Crippen LogP contribution is 2.32. The van der Waals surface area contributed by atoms with Crippen molar-refractivity contribution in [2.75, 3.05) is 11.9 Å². The first-order valence-corrected chi connectivity index (χ1v) is 10.2. The molecule has 0 aliphatic carbocycles. The van der Waals surface area contributed by atoms with Gasteiger partial charge in [0.1, 0.15) is 4.32 Å². The van der Waals surface area contributed by atoms with E-state index in [4.69, 9.17) is 34.0 Å². The number of nitrogens with one attached hydrogen (secondary N) is 1. The van der Waals surface area contributed by atoms with E-state index in [-0.39, 0.29) is 24.8 Å². The monoisotopic (exact) mass is 448 g/mol. The van der Waals surface area contributed by atoms with Gasteiger partial charge < -0.3 is 15.5 Å². The number of anilines is 1. The minimum Gasteiger partial charge on any atom is -0.364 e. The molecule has 0 atom stereocenters. The average Bonchev–Trinajstić information content (AvgIpc) is 2.95. The van der Waals surface area contributed by atoms with Crippen molar-refractivity contribution < 1.29 is 19.8 Å². The molecule has 3 N–H and O–H groups in total. The smallest absolute Gasteiger partial charge is 0.266 e. The van der Waals surface area contributed by atoms with Gasteiger partial charge in [-0.3, -0.25) is 14.5 Å². The number of benzene rings is 2. The molecule has 1 aliphatic heterocycles. The van der Waals surface area contributed by atoms with Crippen LogP contribution in [0.4, 0.5) is 5.69 Å². The Bertz CT molecular complexity index is 959. The van der Waals surface area contributed by atoms with Crippen LogP contribution in [0, 0.1) is 0 Å². The normalized spacial score (nSPS) is 15.4. The van der Waals surface area contributed by atoms with Gasteiger partial charge in [0, 0.05) is 29.2 Å². The summed E-state index contributed by atoms with van der Waals surface area (Å²) in [6, 6.07) is 13.3. The number of thioether (sulfide) groups is 1. The Labute approximate surface area is 182 Å². The Morgan fingerprint density at radius 1 is 1.17 bits per heavy atom. The lowest BCUT2D eigenvalue weighted by molar-refractivity contribution is -0.122. The summed E-state index contributed by atoms with van der Waals surface area (Å²) < 4.78 is 0.407. The van der Waals surface area contributed by atoms with Gasteiger partial charge in [0.05, 0.1) is 4.91 Å². The van der Waals surface area contributed by atoms with Crippen molar-refractivity contribution in [3.63, 3.8) is 0 Å². The molecule has 0 unspecified atom stereocenters. The number of hydrogen-bond acceptors (Lipinski definition) is 6. The van der Waals surface area contributed by atoms with Crippen molar-refractivity contribution in [3.05, 3.63) is 69.6 Å². The summed E-state index contributed by atoms with van der Waals surface area (Å²) in [6.45, 7) is 0.169. The first-order chi connectivity index (χ1) is 13.8. The van der Waals surface area contributed by atoms with E-state index in [1.165, 1.54) is 28.8 Å². The van der Waals surface area contributed by atoms with E-state index < -0.39 is 6.29 Å². The van der Waals surface area contributed by atoms with Crippen molar-refractivity contribution in [2.45, 2.75) is 12.7 Å². The van der Waals surface area contributed by atoms with Gasteiger partial charge in [0.2, 0.25) is 5.91 Å². The van der Waals surface area contributed by atoms with E-state index in [2.05, 4.69) is 5.32 Å². The van der Waals surface area contributed by atoms with Gasteiger partial charge in [0.15, 0.2) is 6.29 Å². The minimum atomic E-state index is -1.56. The van der Waals surface area contributed by atoms with Crippen LogP contribution in [0.3, 0.4) is 0 Å². The lowest BCUT2D eigenvalue weighted by atomic mass is 10.2. The Morgan fingerprint density at radius 3 is 2.45 bits per heavy atom. The zero-order valence-electron chi connectivity index (χ0n) is 15.0. The van der Waals surface area contributed by atoms with Crippen molar-refractivity contribution in [1.82, 2.24) is 4.90 Å². The van der Waals surface area contributed by atoms with E-state index >= 15 is 0 Å². The second-order valence-electron chi connectivity index (χ2n) is 6.18. The molecular formula is C20H17ClN2O4S2. The molecule has 0 radical (unpaired) electrons. The quantitative estimate of drug-likeness (QED) is 0.355. The van der Waals surface area contributed by atoms with Crippen LogP contribution in [0.15, 0.2) is 53.4 Å². The van der Waals surface area contributed by atoms with E-state index in [0.717, 1.165) is 5.56 Å². The van der Waals surface area contributed by atoms with Crippen molar-refractivity contribution in [3.8, 4) is 0 Å². The molecule has 0 bridgehead atoms. The molecule has 1 fully saturated rings. The number of amides is 2. The van der Waals surface area contributed by atoms with E-state index in [1.54, 1.807) is 30.3 Å². The number of rotatable bonds is 6. The van der Waals surface area contributed by atoms with Crippen molar-refractivity contribution in [2.24, 2.45) is 0 Å². The first-order valence-electron chi connectivity index (χ1n) is 8.60. The number of nitrogens with zero attached hydrogens (tertiary/aromatic N) is 1. The fraction of sp³-hybridized carbons (Fsp3) is 0.150. The Balaban J connectivity index is 1.57. The Kier molecular flexibility index (Phi) is 7.05. The third-order valence-electron chi connectivity index (χ3n) is 4.10. The molecule has 150 valence electrons. The summed E-state index contributed by atoms with van der Waals surface area (Å²) in [5.74, 6) is -0.512. The molecule has 0 saturated carbocycles. The van der Waals surface area contributed by atoms with E-state index in [1.807, 2.05) is 12.1 Å². The van der Waals surface area contributed by atoms with Crippen LogP contribution in [-0.2, 0) is 9.59 Å². The Morgan fingerprint density at radius 2 is 1.83 bits per heavy atom. The largest absolute Gasteiger partial charge is 0.364 e. The number of carbonyl (C=O) groups is 2. The van der Waals surface area contributed by atoms with Crippen molar-refractivity contribution >= 4 is 63.5 Å². The molecule has 6 nitrogen and oxygen atoms in total. The zero-order chi connectivity index (χ0) is 21.0. The maximum Gasteiger partial charge on any atom is 0.266 e. The van der Waals surface area contributed by atoms with Crippen LogP contribution in [0.2, 0.25) is 5.02 Å². The third-order valence-corrected chi connectivity index (χ3v) is 5.73. The fourth-order valence-electron chi connectivity index (χ4n) is 2.58. The molecule has 3 rings (SSSR count). The molecule has 1 aliphatic rings. The topological polar surface area (TPSA) is 89.9 Å². The molecule has 0 aromatic heterocycles. The van der Waals surface area contributed by atoms with Crippen LogP contribution in [0.1, 0.15) is 23.8 Å². The summed E-state index contributed by atoms with van der Waals surface area (Å²) in [6.07, 6.45) is 0.257. The van der Waals surface area contributed by atoms with Gasteiger partial charge in [-0.05, 0) is 35.9 Å². The van der Waals surface area contributed by atoms with Crippen LogP contribution in [-0.4, -0.2) is 37.8 Å². The Hall–Kier alpha value is -2.23. The molecule has 29 heavy (non-hydrogen) atoms. The standard InChI is InChI=1S/C20H17ClN2O4S2/c21-14-5-1-12(2-6-14)11-16-18(25)23(20(28)29-16)10-9-17(24)22-15-7-3-13(4-8-15)19(26)27/h1-8,11,19,26-27H,9-10H2,(H,22,24)/b16-11-. The predicted octanol–water partition coefficient (Wildman–Crippen LogP) is 3.55. The highest BCUT2D eigenvalue weighted by atomic mass is 35.5. The molecule has 2 aromatic carbocycles. The molecule has 9 heteroatoms. The second-order valence-corrected chi connectivity index (χ2v) is 8.29. The van der Waals surface area contributed by atoms with Gasteiger partial charge in [-0.25, -0.2) is 0 Å². The van der Waals surface area contributed by atoms with Crippen LogP contribution in [0.25, 0.3) is 6.08 Å². The van der Waals surface area contributed by atoms with Gasteiger partial charge in [-0.2, -0.15) is 0 Å². The third kappa shape index (κ3) is 5.65. The second kappa shape index (κ2) is 9.51. The van der Waals surface area contributed by atoms with Crippen LogP contribution >= 0.6 is 35.6 Å². The van der Waals surface area contributed by atoms with E-state index in [9.17, 15) is 9.59 Å². The molecule has 2 amide bonds. The summed E-state index contributed by atoms with van der Waals surface area (Å²) in [5.41, 5.74) is 1.68. The average molecular weight is 449 g/mol. The fourth-order valence-corrected chi connectivity index (χ4v) is 4.01. The SMILES string of the molecule is O=C(CCN1C(=O)/C(=C/c2ccc(Cl)cc2)SC1=S)Nc1ccc(C(O)O)cc1. The molecule has 2 aromatic rings. The van der Waals surface area contributed by atoms with Crippen molar-refractivity contribution in [1.29, 1.82) is 0 Å². The minimum absolute atomic E-state index is 0.0744. The molecule has 1 saturated heterocycles. The maximum absolute atomic E-state index is 12.6. The summed E-state index contributed by atoms with van der Waals surface area (Å²) >= 11 is 12.3. The summed E-state index contributed by atoms with van der Waals surface area (Å²) in [7, 11) is 0. The lowest BCUT2D eigenvalue weighted by Crippen LogP contribution is -2.31. The van der Waals surface area contributed by atoms with Gasteiger partial charge in [0.25, 0.3) is 5.91 Å². The van der Waals surface area contributed by atoms with Gasteiger partial charge >= 0.3 is 0 Å². The number of thiocarbonyl (C=S) groups is 1.